The number of benzene rings is 1. The molecule has 1 aliphatic heterocycles. The Balaban J connectivity index is 1.50. The molecule has 0 spiro atoms. The second kappa shape index (κ2) is 9.45. The zero-order chi connectivity index (χ0) is 21.8. The Morgan fingerprint density at radius 3 is 2.61 bits per heavy atom. The summed E-state index contributed by atoms with van der Waals surface area (Å²) >= 11 is 0. The number of aromatic nitrogens is 2. The van der Waals surface area contributed by atoms with E-state index in [4.69, 9.17) is 9.15 Å². The SMILES string of the molecule is COCCCn1cnc2oc(C)c(C(=O)N3CCN(Cc4ccccc4)CC3)c2c1=O. The fourth-order valence-corrected chi connectivity index (χ4v) is 4.04. The Hall–Kier alpha value is -2.97. The van der Waals surface area contributed by atoms with Gasteiger partial charge in [0.25, 0.3) is 11.5 Å². The van der Waals surface area contributed by atoms with E-state index in [9.17, 15) is 9.59 Å². The molecule has 8 heteroatoms. The van der Waals surface area contributed by atoms with Crippen molar-refractivity contribution in [3.8, 4) is 0 Å². The van der Waals surface area contributed by atoms with Crippen LogP contribution in [0.25, 0.3) is 11.1 Å². The van der Waals surface area contributed by atoms with Crippen LogP contribution >= 0.6 is 0 Å². The first-order chi connectivity index (χ1) is 15.1. The van der Waals surface area contributed by atoms with Crippen molar-refractivity contribution < 1.29 is 13.9 Å². The van der Waals surface area contributed by atoms with Crippen LogP contribution in [-0.4, -0.2) is 65.2 Å². The van der Waals surface area contributed by atoms with Gasteiger partial charge in [0.1, 0.15) is 17.5 Å². The minimum atomic E-state index is -0.246. The van der Waals surface area contributed by atoms with Crippen LogP contribution in [0.15, 0.2) is 45.9 Å². The normalized spacial score (nSPS) is 15.0. The molecule has 4 rings (SSSR count). The van der Waals surface area contributed by atoms with Crippen LogP contribution in [0.1, 0.15) is 28.1 Å². The lowest BCUT2D eigenvalue weighted by Crippen LogP contribution is -2.48. The Morgan fingerprint density at radius 2 is 1.90 bits per heavy atom. The summed E-state index contributed by atoms with van der Waals surface area (Å²) in [6, 6.07) is 10.3. The third kappa shape index (κ3) is 4.55. The quantitative estimate of drug-likeness (QED) is 0.542. The Bertz CT molecular complexity index is 1100. The van der Waals surface area contributed by atoms with E-state index in [0.717, 1.165) is 19.6 Å². The number of carbonyl (C=O) groups is 1. The summed E-state index contributed by atoms with van der Waals surface area (Å²) in [7, 11) is 1.63. The van der Waals surface area contributed by atoms with E-state index in [2.05, 4.69) is 22.0 Å². The lowest BCUT2D eigenvalue weighted by Gasteiger charge is -2.34. The van der Waals surface area contributed by atoms with Crippen LogP contribution in [0.3, 0.4) is 0 Å². The van der Waals surface area contributed by atoms with Crippen LogP contribution < -0.4 is 5.56 Å². The number of fused-ring (bicyclic) bond motifs is 1. The third-order valence-electron chi connectivity index (χ3n) is 5.72. The average molecular weight is 425 g/mol. The Labute approximate surface area is 181 Å². The zero-order valence-corrected chi connectivity index (χ0v) is 18.0. The van der Waals surface area contributed by atoms with Crippen LogP contribution in [0.2, 0.25) is 0 Å². The first kappa shape index (κ1) is 21.3. The first-order valence-corrected chi connectivity index (χ1v) is 10.6. The van der Waals surface area contributed by atoms with Crippen molar-refractivity contribution >= 4 is 17.0 Å². The molecule has 1 aromatic carbocycles. The summed E-state index contributed by atoms with van der Waals surface area (Å²) in [5.41, 5.74) is 1.57. The number of aryl methyl sites for hydroxylation is 2. The molecule has 0 saturated carbocycles. The second-order valence-electron chi connectivity index (χ2n) is 7.86. The number of nitrogens with zero attached hydrogens (tertiary/aromatic N) is 4. The van der Waals surface area contributed by atoms with Gasteiger partial charge in [-0.25, -0.2) is 4.98 Å². The number of piperazine rings is 1. The number of methoxy groups -OCH3 is 1. The molecule has 0 radical (unpaired) electrons. The van der Waals surface area contributed by atoms with Crippen LogP contribution in [-0.2, 0) is 17.8 Å². The molecule has 164 valence electrons. The molecule has 0 N–H and O–H groups in total. The van der Waals surface area contributed by atoms with Crippen molar-refractivity contribution in [1.82, 2.24) is 19.4 Å². The molecule has 3 heterocycles. The van der Waals surface area contributed by atoms with E-state index in [1.165, 1.54) is 16.5 Å². The number of rotatable bonds is 7. The van der Waals surface area contributed by atoms with E-state index < -0.39 is 0 Å². The maximum Gasteiger partial charge on any atom is 0.265 e. The minimum Gasteiger partial charge on any atom is -0.442 e. The number of furan rings is 1. The van der Waals surface area contributed by atoms with Crippen molar-refractivity contribution in [2.45, 2.75) is 26.4 Å². The summed E-state index contributed by atoms with van der Waals surface area (Å²) in [4.78, 5) is 34.8. The van der Waals surface area contributed by atoms with Gasteiger partial charge in [-0.2, -0.15) is 0 Å². The fourth-order valence-electron chi connectivity index (χ4n) is 4.04. The highest BCUT2D eigenvalue weighted by Crippen LogP contribution is 2.23. The standard InChI is InChI=1S/C23H28N4O4/c1-17-19(20-21(31-17)24-16-27(23(20)29)9-6-14-30-2)22(28)26-12-10-25(11-13-26)15-18-7-4-3-5-8-18/h3-5,7-8,16H,6,9-15H2,1-2H3. The number of carbonyl (C=O) groups excluding carboxylic acids is 1. The van der Waals surface area contributed by atoms with Crippen LogP contribution in [0.5, 0.6) is 0 Å². The lowest BCUT2D eigenvalue weighted by atomic mass is 10.1. The average Bonchev–Trinajstić information content (AvgIpc) is 3.13. The summed E-state index contributed by atoms with van der Waals surface area (Å²) in [5.74, 6) is 0.273. The fraction of sp³-hybridized carbons (Fsp3) is 0.435. The van der Waals surface area contributed by atoms with Crippen molar-refractivity contribution in [2.75, 3.05) is 39.9 Å². The van der Waals surface area contributed by atoms with Crippen molar-refractivity contribution in [3.63, 3.8) is 0 Å². The maximum absolute atomic E-state index is 13.3. The molecule has 1 amide bonds. The molecule has 0 unspecified atom stereocenters. The molecular formula is C23H28N4O4. The van der Waals surface area contributed by atoms with Gasteiger partial charge in [0.05, 0.1) is 5.56 Å². The van der Waals surface area contributed by atoms with E-state index in [-0.39, 0.29) is 22.6 Å². The molecule has 3 aromatic rings. The predicted molar refractivity (Wildman–Crippen MR) is 117 cm³/mol. The molecular weight excluding hydrogens is 396 g/mol. The molecule has 0 bridgehead atoms. The lowest BCUT2D eigenvalue weighted by molar-refractivity contribution is 0.0628. The van der Waals surface area contributed by atoms with Gasteiger partial charge in [-0.3, -0.25) is 19.1 Å². The van der Waals surface area contributed by atoms with Gasteiger partial charge >= 0.3 is 0 Å². The molecule has 0 aliphatic carbocycles. The van der Waals surface area contributed by atoms with Crippen LogP contribution in [0.4, 0.5) is 0 Å². The Kier molecular flexibility index (Phi) is 6.48. The van der Waals surface area contributed by atoms with E-state index in [1.807, 2.05) is 18.2 Å². The van der Waals surface area contributed by atoms with Crippen molar-refractivity contribution in [2.24, 2.45) is 0 Å². The van der Waals surface area contributed by atoms with E-state index in [0.29, 0.717) is 44.0 Å². The first-order valence-electron chi connectivity index (χ1n) is 10.6. The van der Waals surface area contributed by atoms with Gasteiger partial charge in [-0.15, -0.1) is 0 Å². The number of ether oxygens (including phenoxy) is 1. The van der Waals surface area contributed by atoms with Gasteiger partial charge in [0.15, 0.2) is 0 Å². The molecule has 1 saturated heterocycles. The van der Waals surface area contributed by atoms with Gasteiger partial charge < -0.3 is 14.1 Å². The van der Waals surface area contributed by atoms with Crippen molar-refractivity contribution in [3.05, 3.63) is 63.9 Å². The Morgan fingerprint density at radius 1 is 1.16 bits per heavy atom. The minimum absolute atomic E-state index is 0.163. The highest BCUT2D eigenvalue weighted by atomic mass is 16.5. The van der Waals surface area contributed by atoms with Crippen molar-refractivity contribution in [1.29, 1.82) is 0 Å². The highest BCUT2D eigenvalue weighted by Gasteiger charge is 2.29. The monoisotopic (exact) mass is 424 g/mol. The summed E-state index contributed by atoms with van der Waals surface area (Å²) in [5, 5.41) is 0.272. The molecule has 0 atom stereocenters. The topological polar surface area (TPSA) is 80.8 Å². The third-order valence-corrected chi connectivity index (χ3v) is 5.72. The zero-order valence-electron chi connectivity index (χ0n) is 18.0. The number of hydrogen-bond acceptors (Lipinski definition) is 6. The molecule has 2 aromatic heterocycles. The van der Waals surface area contributed by atoms with Gasteiger partial charge in [-0.05, 0) is 18.9 Å². The summed E-state index contributed by atoms with van der Waals surface area (Å²) < 4.78 is 12.2. The molecule has 8 nitrogen and oxygen atoms in total. The maximum atomic E-state index is 13.3. The number of amides is 1. The number of hydrogen-bond donors (Lipinski definition) is 0. The van der Waals surface area contributed by atoms with Gasteiger partial charge in [0, 0.05) is 53.0 Å². The van der Waals surface area contributed by atoms with E-state index >= 15 is 0 Å². The van der Waals surface area contributed by atoms with Gasteiger partial charge in [-0.1, -0.05) is 30.3 Å². The van der Waals surface area contributed by atoms with Gasteiger partial charge in [0.2, 0.25) is 5.71 Å². The van der Waals surface area contributed by atoms with E-state index in [1.54, 1.807) is 18.9 Å². The largest absolute Gasteiger partial charge is 0.442 e. The van der Waals surface area contributed by atoms with Crippen LogP contribution in [0, 0.1) is 6.92 Å². The predicted octanol–water partition coefficient (Wildman–Crippen LogP) is 2.29. The highest BCUT2D eigenvalue weighted by molar-refractivity contribution is 6.06. The molecule has 1 aliphatic rings. The second-order valence-corrected chi connectivity index (χ2v) is 7.86. The summed E-state index contributed by atoms with van der Waals surface area (Å²) in [6.07, 6.45) is 2.16. The molecule has 31 heavy (non-hydrogen) atoms. The smallest absolute Gasteiger partial charge is 0.265 e. The summed E-state index contributed by atoms with van der Waals surface area (Å²) in [6.45, 7) is 6.41. The molecule has 1 fully saturated rings.